The van der Waals surface area contributed by atoms with E-state index in [-0.39, 0.29) is 23.3 Å². The zero-order valence-electron chi connectivity index (χ0n) is 15.2. The van der Waals surface area contributed by atoms with Crippen LogP contribution in [0.5, 0.6) is 0 Å². The molecule has 1 aromatic carbocycles. The Morgan fingerprint density at radius 2 is 1.29 bits per heavy atom. The molecule has 0 aliphatic rings. The van der Waals surface area contributed by atoms with Crippen molar-refractivity contribution in [3.8, 4) is 0 Å². The third-order valence-corrected chi connectivity index (χ3v) is 5.55. The highest BCUT2D eigenvalue weighted by Gasteiger charge is 2.12. The van der Waals surface area contributed by atoms with Gasteiger partial charge in [0.1, 0.15) is 12.7 Å². The van der Waals surface area contributed by atoms with Crippen LogP contribution in [0.3, 0.4) is 0 Å². The van der Waals surface area contributed by atoms with Crippen molar-refractivity contribution in [1.29, 1.82) is 0 Å². The number of amides is 2. The summed E-state index contributed by atoms with van der Waals surface area (Å²) < 4.78 is 3.47. The highest BCUT2D eigenvalue weighted by molar-refractivity contribution is 8.00. The SMILES string of the molecule is Cn1cnnc1SCC(=O)Nc1ccccc1NC(=O)CSc1nncn1C. The van der Waals surface area contributed by atoms with E-state index in [1.165, 1.54) is 23.5 Å². The minimum absolute atomic E-state index is 0.177. The number of hydrogen-bond acceptors (Lipinski definition) is 8. The molecule has 0 unspecified atom stereocenters. The molecule has 0 spiro atoms. The third-order valence-electron chi connectivity index (χ3n) is 3.48. The molecule has 10 nitrogen and oxygen atoms in total. The second-order valence-corrected chi connectivity index (χ2v) is 7.55. The van der Waals surface area contributed by atoms with Gasteiger partial charge in [0, 0.05) is 14.1 Å². The van der Waals surface area contributed by atoms with Crippen LogP contribution in [-0.2, 0) is 23.7 Å². The Balaban J connectivity index is 1.54. The normalized spacial score (nSPS) is 10.6. The Kier molecular flexibility index (Phi) is 6.66. The fraction of sp³-hybridized carbons (Fsp3) is 0.250. The van der Waals surface area contributed by atoms with Gasteiger partial charge in [-0.3, -0.25) is 9.59 Å². The molecule has 2 amide bonds. The van der Waals surface area contributed by atoms with Crippen molar-refractivity contribution >= 4 is 46.7 Å². The topological polar surface area (TPSA) is 120 Å². The summed E-state index contributed by atoms with van der Waals surface area (Å²) in [6, 6.07) is 7.04. The standard InChI is InChI=1S/C16H18N8O2S2/c1-23-9-17-21-15(23)27-7-13(25)19-11-5-3-4-6-12(11)20-14(26)8-28-16-22-18-10-24(16)2/h3-6,9-10H,7-8H2,1-2H3,(H,19,25)(H,20,26). The molecule has 146 valence electrons. The average Bonchev–Trinajstić information content (AvgIpc) is 3.27. The van der Waals surface area contributed by atoms with Crippen molar-refractivity contribution < 1.29 is 9.59 Å². The molecule has 0 fully saturated rings. The van der Waals surface area contributed by atoms with Crippen molar-refractivity contribution in [2.24, 2.45) is 14.1 Å². The molecule has 0 saturated carbocycles. The number of benzene rings is 1. The lowest BCUT2D eigenvalue weighted by atomic mass is 10.2. The van der Waals surface area contributed by atoms with Crippen LogP contribution in [0.25, 0.3) is 0 Å². The van der Waals surface area contributed by atoms with E-state index in [0.717, 1.165) is 0 Å². The zero-order chi connectivity index (χ0) is 19.9. The van der Waals surface area contributed by atoms with Gasteiger partial charge in [-0.2, -0.15) is 0 Å². The zero-order valence-corrected chi connectivity index (χ0v) is 16.8. The van der Waals surface area contributed by atoms with E-state index in [9.17, 15) is 9.59 Å². The maximum atomic E-state index is 12.3. The van der Waals surface area contributed by atoms with E-state index >= 15 is 0 Å². The number of hydrogen-bond donors (Lipinski definition) is 2. The first-order valence-corrected chi connectivity index (χ1v) is 10.1. The maximum absolute atomic E-state index is 12.3. The first-order chi connectivity index (χ1) is 13.5. The highest BCUT2D eigenvalue weighted by Crippen LogP contribution is 2.23. The van der Waals surface area contributed by atoms with Crippen molar-refractivity contribution in [3.63, 3.8) is 0 Å². The fourth-order valence-electron chi connectivity index (χ4n) is 2.14. The lowest BCUT2D eigenvalue weighted by molar-refractivity contribution is -0.114. The molecule has 3 rings (SSSR count). The summed E-state index contributed by atoms with van der Waals surface area (Å²) in [5.41, 5.74) is 1.06. The lowest BCUT2D eigenvalue weighted by Crippen LogP contribution is -2.19. The van der Waals surface area contributed by atoms with Gasteiger partial charge in [0.05, 0.1) is 22.9 Å². The number of para-hydroxylation sites is 2. The Morgan fingerprint density at radius 3 is 1.64 bits per heavy atom. The van der Waals surface area contributed by atoms with Gasteiger partial charge in [-0.1, -0.05) is 35.7 Å². The molecule has 0 atom stereocenters. The van der Waals surface area contributed by atoms with Crippen molar-refractivity contribution in [1.82, 2.24) is 29.5 Å². The molecule has 0 saturated heterocycles. The van der Waals surface area contributed by atoms with Crippen molar-refractivity contribution in [2.45, 2.75) is 10.3 Å². The smallest absolute Gasteiger partial charge is 0.234 e. The summed E-state index contributed by atoms with van der Waals surface area (Å²) in [7, 11) is 3.62. The molecule has 12 heteroatoms. The van der Waals surface area contributed by atoms with Gasteiger partial charge in [-0.15, -0.1) is 20.4 Å². The number of rotatable bonds is 8. The van der Waals surface area contributed by atoms with Gasteiger partial charge in [-0.25, -0.2) is 0 Å². The van der Waals surface area contributed by atoms with E-state index in [2.05, 4.69) is 31.0 Å². The van der Waals surface area contributed by atoms with Gasteiger partial charge in [0.2, 0.25) is 11.8 Å². The monoisotopic (exact) mass is 418 g/mol. The van der Waals surface area contributed by atoms with Crippen LogP contribution in [0, 0.1) is 0 Å². The van der Waals surface area contributed by atoms with Crippen LogP contribution in [0.4, 0.5) is 11.4 Å². The van der Waals surface area contributed by atoms with E-state index in [4.69, 9.17) is 0 Å². The molecule has 2 heterocycles. The number of anilines is 2. The van der Waals surface area contributed by atoms with Crippen LogP contribution in [0.15, 0.2) is 47.2 Å². The maximum Gasteiger partial charge on any atom is 0.234 e. The summed E-state index contributed by atoms with van der Waals surface area (Å²) >= 11 is 2.56. The Hall–Kier alpha value is -2.86. The van der Waals surface area contributed by atoms with E-state index in [1.807, 2.05) is 14.1 Å². The van der Waals surface area contributed by atoms with Crippen LogP contribution in [0.1, 0.15) is 0 Å². The van der Waals surface area contributed by atoms with E-state index in [1.54, 1.807) is 46.1 Å². The molecule has 0 radical (unpaired) electrons. The second kappa shape index (κ2) is 9.37. The number of aryl methyl sites for hydroxylation is 2. The quantitative estimate of drug-likeness (QED) is 0.527. The van der Waals surface area contributed by atoms with Gasteiger partial charge in [0.15, 0.2) is 10.3 Å². The number of thioether (sulfide) groups is 2. The third kappa shape index (κ3) is 5.33. The number of aromatic nitrogens is 6. The number of nitrogens with one attached hydrogen (secondary N) is 2. The summed E-state index contributed by atoms with van der Waals surface area (Å²) in [6.07, 6.45) is 3.15. The highest BCUT2D eigenvalue weighted by atomic mass is 32.2. The second-order valence-electron chi connectivity index (χ2n) is 5.67. The van der Waals surface area contributed by atoms with Gasteiger partial charge < -0.3 is 19.8 Å². The molecule has 3 aromatic rings. The van der Waals surface area contributed by atoms with Gasteiger partial charge >= 0.3 is 0 Å². The minimum atomic E-state index is -0.205. The summed E-state index contributed by atoms with van der Waals surface area (Å²) in [4.78, 5) is 24.5. The average molecular weight is 419 g/mol. The molecular formula is C16H18N8O2S2. The molecule has 28 heavy (non-hydrogen) atoms. The first kappa shape index (κ1) is 19.9. The number of nitrogens with zero attached hydrogens (tertiary/aromatic N) is 6. The van der Waals surface area contributed by atoms with Crippen LogP contribution in [0.2, 0.25) is 0 Å². The van der Waals surface area contributed by atoms with Crippen LogP contribution in [-0.4, -0.2) is 52.8 Å². The minimum Gasteiger partial charge on any atom is -0.324 e. The summed E-state index contributed by atoms with van der Waals surface area (Å²) in [5.74, 6) is -0.0560. The van der Waals surface area contributed by atoms with Crippen molar-refractivity contribution in [3.05, 3.63) is 36.9 Å². The van der Waals surface area contributed by atoms with Gasteiger partial charge in [0.25, 0.3) is 0 Å². The van der Waals surface area contributed by atoms with Crippen molar-refractivity contribution in [2.75, 3.05) is 22.1 Å². The van der Waals surface area contributed by atoms with Crippen LogP contribution < -0.4 is 10.6 Å². The predicted molar refractivity (Wildman–Crippen MR) is 107 cm³/mol. The summed E-state index contributed by atoms with van der Waals surface area (Å²) in [6.45, 7) is 0. The van der Waals surface area contributed by atoms with E-state index in [0.29, 0.717) is 21.7 Å². The predicted octanol–water partition coefficient (Wildman–Crippen LogP) is 1.41. The molecular weight excluding hydrogens is 400 g/mol. The Labute approximate surface area is 169 Å². The molecule has 0 aliphatic heterocycles. The molecule has 0 aliphatic carbocycles. The Morgan fingerprint density at radius 1 is 0.857 bits per heavy atom. The van der Waals surface area contributed by atoms with Crippen LogP contribution >= 0.6 is 23.5 Å². The first-order valence-electron chi connectivity index (χ1n) is 8.15. The number of carbonyl (C=O) groups excluding carboxylic acids is 2. The summed E-state index contributed by atoms with van der Waals surface area (Å²) in [5, 5.41) is 22.3. The molecule has 2 N–H and O–H groups in total. The lowest BCUT2D eigenvalue weighted by Gasteiger charge is -2.12. The largest absolute Gasteiger partial charge is 0.324 e. The van der Waals surface area contributed by atoms with E-state index < -0.39 is 0 Å². The Bertz CT molecular complexity index is 894. The molecule has 2 aromatic heterocycles. The fourth-order valence-corrected chi connectivity index (χ4v) is 3.52. The number of carbonyl (C=O) groups is 2. The molecule has 0 bridgehead atoms. The van der Waals surface area contributed by atoms with Gasteiger partial charge in [-0.05, 0) is 12.1 Å².